The molecule has 0 amide bonds. The van der Waals surface area contributed by atoms with Crippen molar-refractivity contribution in [1.29, 1.82) is 5.26 Å². The number of rotatable bonds is 1. The number of nitriles is 1. The van der Waals surface area contributed by atoms with Crippen molar-refractivity contribution in [2.75, 3.05) is 0 Å². The second-order valence-corrected chi connectivity index (χ2v) is 2.97. The second kappa shape index (κ2) is 3.60. The van der Waals surface area contributed by atoms with Gasteiger partial charge in [0.15, 0.2) is 0 Å². The van der Waals surface area contributed by atoms with Crippen LogP contribution in [0.5, 0.6) is 0 Å². The van der Waals surface area contributed by atoms with Gasteiger partial charge in [-0.3, -0.25) is 10.1 Å². The lowest BCUT2D eigenvalue weighted by atomic mass is 10.2. The van der Waals surface area contributed by atoms with Gasteiger partial charge >= 0.3 is 0 Å². The van der Waals surface area contributed by atoms with Crippen molar-refractivity contribution in [2.24, 2.45) is 0 Å². The number of non-ortho nitro benzene ring substituents is 1. The van der Waals surface area contributed by atoms with E-state index in [9.17, 15) is 10.1 Å². The molecule has 4 nitrogen and oxygen atoms in total. The maximum atomic E-state index is 10.3. The molecule has 66 valence electrons. The van der Waals surface area contributed by atoms with Gasteiger partial charge in [-0.25, -0.2) is 0 Å². The van der Waals surface area contributed by atoms with Crippen LogP contribution in [-0.4, -0.2) is 4.92 Å². The van der Waals surface area contributed by atoms with Gasteiger partial charge in [0.2, 0.25) is 0 Å². The maximum absolute atomic E-state index is 10.3. The van der Waals surface area contributed by atoms with Gasteiger partial charge in [0, 0.05) is 12.1 Å². The van der Waals surface area contributed by atoms with E-state index >= 15 is 0 Å². The molecule has 0 saturated heterocycles. The first kappa shape index (κ1) is 9.78. The van der Waals surface area contributed by atoms with Crippen LogP contribution in [0.2, 0.25) is 10.0 Å². The third kappa shape index (κ3) is 1.89. The Kier molecular flexibility index (Phi) is 2.71. The molecule has 0 bridgehead atoms. The Morgan fingerprint density at radius 3 is 2.15 bits per heavy atom. The Hall–Kier alpha value is -1.31. The summed E-state index contributed by atoms with van der Waals surface area (Å²) in [6.45, 7) is 0. The van der Waals surface area contributed by atoms with E-state index in [0.717, 1.165) is 12.1 Å². The van der Waals surface area contributed by atoms with Gasteiger partial charge in [-0.05, 0) is 0 Å². The fourth-order valence-electron chi connectivity index (χ4n) is 0.772. The van der Waals surface area contributed by atoms with Crippen molar-refractivity contribution < 1.29 is 4.92 Å². The largest absolute Gasteiger partial charge is 0.272 e. The molecule has 0 N–H and O–H groups in total. The van der Waals surface area contributed by atoms with Gasteiger partial charge in [0.1, 0.15) is 6.07 Å². The first-order chi connectivity index (χ1) is 6.06. The molecule has 0 atom stereocenters. The smallest absolute Gasteiger partial charge is 0.258 e. The van der Waals surface area contributed by atoms with Crippen LogP contribution >= 0.6 is 23.2 Å². The van der Waals surface area contributed by atoms with E-state index in [-0.39, 0.29) is 21.3 Å². The minimum atomic E-state index is -0.626. The maximum Gasteiger partial charge on any atom is 0.272 e. The monoisotopic (exact) mass is 216 g/mol. The molecule has 0 radical (unpaired) electrons. The quantitative estimate of drug-likeness (QED) is 0.536. The molecular formula is C7H2Cl2N2O2. The number of halogens is 2. The molecule has 0 unspecified atom stereocenters. The lowest BCUT2D eigenvalue weighted by molar-refractivity contribution is -0.384. The van der Waals surface area contributed by atoms with E-state index in [1.54, 1.807) is 6.07 Å². The highest BCUT2D eigenvalue weighted by atomic mass is 35.5. The Morgan fingerprint density at radius 2 is 1.85 bits per heavy atom. The van der Waals surface area contributed by atoms with Gasteiger partial charge in [-0.15, -0.1) is 0 Å². The third-order valence-corrected chi connectivity index (χ3v) is 1.95. The summed E-state index contributed by atoms with van der Waals surface area (Å²) in [7, 11) is 0. The first-order valence-corrected chi connectivity index (χ1v) is 3.85. The highest BCUT2D eigenvalue weighted by Crippen LogP contribution is 2.29. The molecule has 6 heteroatoms. The summed E-state index contributed by atoms with van der Waals surface area (Å²) in [4.78, 5) is 9.68. The number of benzene rings is 1. The summed E-state index contributed by atoms with van der Waals surface area (Å²) >= 11 is 11.1. The lowest BCUT2D eigenvalue weighted by Crippen LogP contribution is -1.89. The van der Waals surface area contributed by atoms with Gasteiger partial charge < -0.3 is 0 Å². The van der Waals surface area contributed by atoms with E-state index in [2.05, 4.69) is 0 Å². The van der Waals surface area contributed by atoms with Crippen molar-refractivity contribution in [3.63, 3.8) is 0 Å². The summed E-state index contributed by atoms with van der Waals surface area (Å²) in [6.07, 6.45) is 0. The van der Waals surface area contributed by atoms with Gasteiger partial charge in [0.05, 0.1) is 20.5 Å². The Morgan fingerprint density at radius 1 is 1.38 bits per heavy atom. The normalized spacial score (nSPS) is 9.31. The molecule has 0 aliphatic heterocycles. The zero-order valence-electron chi connectivity index (χ0n) is 6.12. The van der Waals surface area contributed by atoms with Crippen LogP contribution in [0.25, 0.3) is 0 Å². The van der Waals surface area contributed by atoms with E-state index in [4.69, 9.17) is 28.5 Å². The molecule has 1 rings (SSSR count). The van der Waals surface area contributed by atoms with Gasteiger partial charge in [0.25, 0.3) is 5.69 Å². The number of hydrogen-bond acceptors (Lipinski definition) is 3. The molecule has 1 aromatic carbocycles. The summed E-state index contributed by atoms with van der Waals surface area (Å²) in [5.41, 5.74) is -0.178. The zero-order chi connectivity index (χ0) is 10.0. The van der Waals surface area contributed by atoms with Crippen molar-refractivity contribution in [3.8, 4) is 6.07 Å². The molecule has 0 spiro atoms. The minimum absolute atomic E-state index is 0.0123. The Bertz CT molecular complexity index is 388. The predicted molar refractivity (Wildman–Crippen MR) is 47.8 cm³/mol. The van der Waals surface area contributed by atoms with Crippen LogP contribution < -0.4 is 0 Å². The number of nitrogens with zero attached hydrogens (tertiary/aromatic N) is 2. The molecule has 13 heavy (non-hydrogen) atoms. The summed E-state index contributed by atoms with van der Waals surface area (Å²) in [5.74, 6) is 0. The number of nitro groups is 1. The fraction of sp³-hybridized carbons (Fsp3) is 0. The van der Waals surface area contributed by atoms with E-state index in [1.165, 1.54) is 0 Å². The molecular weight excluding hydrogens is 215 g/mol. The SMILES string of the molecule is N#Cc1c(Cl)cc([N+](=O)[O-])cc1Cl. The summed E-state index contributed by atoms with van der Waals surface area (Å²) in [5, 5.41) is 18.8. The molecule has 0 aliphatic carbocycles. The lowest BCUT2D eigenvalue weighted by Gasteiger charge is -1.97. The zero-order valence-corrected chi connectivity index (χ0v) is 7.63. The highest BCUT2D eigenvalue weighted by Gasteiger charge is 2.13. The van der Waals surface area contributed by atoms with Crippen LogP contribution in [0.4, 0.5) is 5.69 Å². The standard InChI is InChI=1S/C7H2Cl2N2O2/c8-6-1-4(11(12)13)2-7(9)5(6)3-10/h1-2H. The van der Waals surface area contributed by atoms with Crippen molar-refractivity contribution >= 4 is 28.9 Å². The number of hydrogen-bond donors (Lipinski definition) is 0. The van der Waals surface area contributed by atoms with Gasteiger partial charge in [-0.2, -0.15) is 5.26 Å². The number of nitro benzene ring substituents is 1. The minimum Gasteiger partial charge on any atom is -0.258 e. The fourth-order valence-corrected chi connectivity index (χ4v) is 1.33. The van der Waals surface area contributed by atoms with Crippen LogP contribution in [0.15, 0.2) is 12.1 Å². The molecule has 0 saturated carbocycles. The van der Waals surface area contributed by atoms with Crippen molar-refractivity contribution in [1.82, 2.24) is 0 Å². The third-order valence-electron chi connectivity index (χ3n) is 1.35. The Labute approximate surface area is 83.4 Å². The topological polar surface area (TPSA) is 66.9 Å². The van der Waals surface area contributed by atoms with Crippen molar-refractivity contribution in [3.05, 3.63) is 37.9 Å². The van der Waals surface area contributed by atoms with Crippen LogP contribution in [0, 0.1) is 21.4 Å². The molecule has 0 aromatic heterocycles. The predicted octanol–water partition coefficient (Wildman–Crippen LogP) is 2.77. The molecule has 0 fully saturated rings. The molecule has 0 aliphatic rings. The van der Waals surface area contributed by atoms with Crippen molar-refractivity contribution in [2.45, 2.75) is 0 Å². The van der Waals surface area contributed by atoms with Crippen LogP contribution in [0.3, 0.4) is 0 Å². The molecule has 1 aromatic rings. The van der Waals surface area contributed by atoms with E-state index in [0.29, 0.717) is 0 Å². The summed E-state index contributed by atoms with van der Waals surface area (Å²) in [6, 6.07) is 3.92. The molecule has 0 heterocycles. The highest BCUT2D eigenvalue weighted by molar-refractivity contribution is 6.36. The van der Waals surface area contributed by atoms with Crippen LogP contribution in [0.1, 0.15) is 5.56 Å². The average molecular weight is 217 g/mol. The van der Waals surface area contributed by atoms with Gasteiger partial charge in [-0.1, -0.05) is 23.2 Å². The second-order valence-electron chi connectivity index (χ2n) is 2.15. The van der Waals surface area contributed by atoms with E-state index in [1.807, 2.05) is 0 Å². The summed E-state index contributed by atoms with van der Waals surface area (Å²) < 4.78 is 0. The van der Waals surface area contributed by atoms with E-state index < -0.39 is 4.92 Å². The Balaban J connectivity index is 3.39. The first-order valence-electron chi connectivity index (χ1n) is 3.10. The average Bonchev–Trinajstić information content (AvgIpc) is 2.03. The van der Waals surface area contributed by atoms with Crippen LogP contribution in [-0.2, 0) is 0 Å².